The summed E-state index contributed by atoms with van der Waals surface area (Å²) in [6, 6.07) is 5.01. The molecule has 2 N–H and O–H groups in total. The Kier molecular flexibility index (Phi) is 7.38. The van der Waals surface area contributed by atoms with Crippen LogP contribution in [0.3, 0.4) is 0 Å². The summed E-state index contributed by atoms with van der Waals surface area (Å²) in [5.41, 5.74) is 0.990. The number of amides is 1. The molecule has 22 heavy (non-hydrogen) atoms. The molecule has 7 heteroatoms. The first-order valence-corrected chi connectivity index (χ1v) is 7.61. The minimum absolute atomic E-state index is 0.138. The molecular formula is C15H18Cl2N2O3. The molecule has 2 rings (SSSR count). The third-order valence-corrected chi connectivity index (χ3v) is 3.32. The highest BCUT2D eigenvalue weighted by Crippen LogP contribution is 2.36. The molecule has 1 aromatic carbocycles. The first-order chi connectivity index (χ1) is 10.6. The van der Waals surface area contributed by atoms with Crippen molar-refractivity contribution < 1.29 is 14.4 Å². The first-order valence-electron chi connectivity index (χ1n) is 6.86. The standard InChI is InChI=1S/C13H12Cl2N2O3.C2H6/c1-7-10(13(19)16-5-6-18)12(17-20-7)11-8(14)3-2-4-9(11)15;1-2/h2-4,18H,5-6H2,1H3,(H,16,19);1-2H3. The van der Waals surface area contributed by atoms with Gasteiger partial charge < -0.3 is 14.9 Å². The van der Waals surface area contributed by atoms with E-state index in [1.165, 1.54) is 0 Å². The summed E-state index contributed by atoms with van der Waals surface area (Å²) in [5, 5.41) is 15.9. The number of aryl methyl sites for hydroxylation is 1. The van der Waals surface area contributed by atoms with E-state index < -0.39 is 5.91 Å². The Morgan fingerprint density at radius 3 is 2.45 bits per heavy atom. The first kappa shape index (κ1) is 18.5. The molecule has 0 unspecified atom stereocenters. The zero-order valence-corrected chi connectivity index (χ0v) is 14.1. The molecule has 0 bridgehead atoms. The Morgan fingerprint density at radius 1 is 1.32 bits per heavy atom. The van der Waals surface area contributed by atoms with E-state index in [4.69, 9.17) is 32.8 Å². The average molecular weight is 345 g/mol. The van der Waals surface area contributed by atoms with Crippen molar-refractivity contribution in [2.24, 2.45) is 0 Å². The van der Waals surface area contributed by atoms with Crippen LogP contribution in [0.4, 0.5) is 0 Å². The highest BCUT2D eigenvalue weighted by Gasteiger charge is 2.24. The van der Waals surface area contributed by atoms with Crippen LogP contribution in [0, 0.1) is 6.92 Å². The molecule has 0 fully saturated rings. The van der Waals surface area contributed by atoms with Crippen molar-refractivity contribution in [2.75, 3.05) is 13.2 Å². The van der Waals surface area contributed by atoms with Gasteiger partial charge in [-0.05, 0) is 19.1 Å². The molecule has 1 amide bonds. The number of aliphatic hydroxyl groups excluding tert-OH is 1. The third-order valence-electron chi connectivity index (χ3n) is 2.69. The SMILES string of the molecule is CC.Cc1onc(-c2c(Cl)cccc2Cl)c1C(=O)NCCO. The van der Waals surface area contributed by atoms with Crippen LogP contribution >= 0.6 is 23.2 Å². The number of aliphatic hydroxyl groups is 1. The molecule has 0 spiro atoms. The summed E-state index contributed by atoms with van der Waals surface area (Å²) in [6.07, 6.45) is 0. The summed E-state index contributed by atoms with van der Waals surface area (Å²) in [6.45, 7) is 5.60. The van der Waals surface area contributed by atoms with Crippen LogP contribution in [0.5, 0.6) is 0 Å². The van der Waals surface area contributed by atoms with Crippen molar-refractivity contribution in [3.05, 3.63) is 39.6 Å². The predicted octanol–water partition coefficient (Wildman–Crippen LogP) is 3.71. The lowest BCUT2D eigenvalue weighted by Gasteiger charge is -2.07. The van der Waals surface area contributed by atoms with E-state index >= 15 is 0 Å². The summed E-state index contributed by atoms with van der Waals surface area (Å²) < 4.78 is 5.07. The molecule has 2 aromatic rings. The number of hydrogen-bond donors (Lipinski definition) is 2. The fraction of sp³-hybridized carbons (Fsp3) is 0.333. The maximum atomic E-state index is 12.1. The van der Waals surface area contributed by atoms with E-state index in [1.54, 1.807) is 25.1 Å². The summed E-state index contributed by atoms with van der Waals surface area (Å²) in [5.74, 6) is -0.0461. The molecule has 1 aromatic heterocycles. The van der Waals surface area contributed by atoms with Gasteiger partial charge in [0.25, 0.3) is 5.91 Å². The molecule has 0 atom stereocenters. The van der Waals surface area contributed by atoms with Gasteiger partial charge >= 0.3 is 0 Å². The van der Waals surface area contributed by atoms with E-state index in [0.717, 1.165) is 0 Å². The number of halogens is 2. The van der Waals surface area contributed by atoms with Crippen LogP contribution in [0.1, 0.15) is 30.0 Å². The highest BCUT2D eigenvalue weighted by molar-refractivity contribution is 6.39. The number of nitrogens with zero attached hydrogens (tertiary/aromatic N) is 1. The lowest BCUT2D eigenvalue weighted by molar-refractivity contribution is 0.0944. The van der Waals surface area contributed by atoms with E-state index in [-0.39, 0.29) is 24.4 Å². The Bertz CT molecular complexity index is 621. The van der Waals surface area contributed by atoms with Crippen molar-refractivity contribution in [3.8, 4) is 11.3 Å². The van der Waals surface area contributed by atoms with E-state index in [9.17, 15) is 4.79 Å². The van der Waals surface area contributed by atoms with Crippen molar-refractivity contribution in [1.82, 2.24) is 10.5 Å². The number of carbonyl (C=O) groups excluding carboxylic acids is 1. The fourth-order valence-electron chi connectivity index (χ4n) is 1.79. The van der Waals surface area contributed by atoms with Gasteiger partial charge in [-0.2, -0.15) is 0 Å². The van der Waals surface area contributed by atoms with Crippen molar-refractivity contribution in [2.45, 2.75) is 20.8 Å². The van der Waals surface area contributed by atoms with Gasteiger partial charge in [-0.15, -0.1) is 0 Å². The Balaban J connectivity index is 0.00000116. The molecule has 120 valence electrons. The Labute approximate surface area is 139 Å². The Morgan fingerprint density at radius 2 is 1.91 bits per heavy atom. The average Bonchev–Trinajstić information content (AvgIpc) is 2.88. The number of aromatic nitrogens is 1. The van der Waals surface area contributed by atoms with Gasteiger partial charge in [-0.3, -0.25) is 4.79 Å². The second-order valence-corrected chi connectivity index (χ2v) is 4.85. The van der Waals surface area contributed by atoms with Crippen LogP contribution in [-0.4, -0.2) is 29.3 Å². The second-order valence-electron chi connectivity index (χ2n) is 4.04. The number of carbonyl (C=O) groups is 1. The zero-order valence-electron chi connectivity index (χ0n) is 12.6. The van der Waals surface area contributed by atoms with Crippen molar-refractivity contribution in [3.63, 3.8) is 0 Å². The fourth-order valence-corrected chi connectivity index (χ4v) is 2.37. The lowest BCUT2D eigenvalue weighted by atomic mass is 10.1. The summed E-state index contributed by atoms with van der Waals surface area (Å²) >= 11 is 12.2. The molecule has 0 aliphatic heterocycles. The van der Waals surface area contributed by atoms with Crippen molar-refractivity contribution >= 4 is 29.1 Å². The highest BCUT2D eigenvalue weighted by atomic mass is 35.5. The quantitative estimate of drug-likeness (QED) is 0.886. The maximum Gasteiger partial charge on any atom is 0.257 e. The van der Waals surface area contributed by atoms with Gasteiger partial charge in [-0.1, -0.05) is 48.3 Å². The van der Waals surface area contributed by atoms with E-state index in [0.29, 0.717) is 21.4 Å². The van der Waals surface area contributed by atoms with E-state index in [1.807, 2.05) is 13.8 Å². The van der Waals surface area contributed by atoms with Gasteiger partial charge in [0, 0.05) is 12.1 Å². The number of benzene rings is 1. The van der Waals surface area contributed by atoms with Gasteiger partial charge in [0.15, 0.2) is 0 Å². The topological polar surface area (TPSA) is 75.4 Å². The molecule has 1 heterocycles. The number of rotatable bonds is 4. The molecular weight excluding hydrogens is 327 g/mol. The molecule has 0 radical (unpaired) electrons. The zero-order chi connectivity index (χ0) is 16.7. The van der Waals surface area contributed by atoms with Crippen LogP contribution in [0.15, 0.2) is 22.7 Å². The van der Waals surface area contributed by atoms with Gasteiger partial charge in [0.2, 0.25) is 0 Å². The largest absolute Gasteiger partial charge is 0.395 e. The smallest absolute Gasteiger partial charge is 0.257 e. The third kappa shape index (κ3) is 4.00. The molecule has 0 aliphatic carbocycles. The van der Waals surface area contributed by atoms with Crippen LogP contribution in [-0.2, 0) is 0 Å². The van der Waals surface area contributed by atoms with Crippen molar-refractivity contribution in [1.29, 1.82) is 0 Å². The summed E-state index contributed by atoms with van der Waals surface area (Å²) in [4.78, 5) is 12.1. The summed E-state index contributed by atoms with van der Waals surface area (Å²) in [7, 11) is 0. The van der Waals surface area contributed by atoms with Gasteiger partial charge in [-0.25, -0.2) is 0 Å². The molecule has 0 saturated carbocycles. The van der Waals surface area contributed by atoms with Gasteiger partial charge in [0.1, 0.15) is 17.0 Å². The monoisotopic (exact) mass is 344 g/mol. The molecule has 5 nitrogen and oxygen atoms in total. The molecule has 0 aliphatic rings. The minimum Gasteiger partial charge on any atom is -0.395 e. The maximum absolute atomic E-state index is 12.1. The van der Waals surface area contributed by atoms with E-state index in [2.05, 4.69) is 10.5 Å². The van der Waals surface area contributed by atoms with Gasteiger partial charge in [0.05, 0.1) is 16.7 Å². The number of hydrogen-bond acceptors (Lipinski definition) is 4. The van der Waals surface area contributed by atoms with Crippen LogP contribution in [0.2, 0.25) is 10.0 Å². The minimum atomic E-state index is -0.399. The van der Waals surface area contributed by atoms with Crippen LogP contribution < -0.4 is 5.32 Å². The lowest BCUT2D eigenvalue weighted by Crippen LogP contribution is -2.27. The Hall–Kier alpha value is -1.56. The molecule has 0 saturated heterocycles. The van der Waals surface area contributed by atoms with Crippen LogP contribution in [0.25, 0.3) is 11.3 Å². The predicted molar refractivity (Wildman–Crippen MR) is 87.5 cm³/mol. The second kappa shape index (κ2) is 8.78. The normalized spacial score (nSPS) is 9.91. The number of nitrogens with one attached hydrogen (secondary N) is 1.